The zero-order valence-corrected chi connectivity index (χ0v) is 11.1. The Morgan fingerprint density at radius 1 is 1.21 bits per heavy atom. The van der Waals surface area contributed by atoms with E-state index < -0.39 is 5.97 Å². The first-order chi connectivity index (χ1) is 9.25. The van der Waals surface area contributed by atoms with Gasteiger partial charge in [-0.3, -0.25) is 0 Å². The summed E-state index contributed by atoms with van der Waals surface area (Å²) in [7, 11) is 0. The standard InChI is InChI=1S/C15H20N2O2/c18-15(19)14-11-12-5-1-2-6-13(12)17(14)10-9-16-7-3-4-8-16/h1-2,5-6,14H,3-4,7-11H2,(H,18,19). The minimum atomic E-state index is -0.711. The van der Waals surface area contributed by atoms with Crippen LogP contribution in [0.2, 0.25) is 0 Å². The molecule has 0 aliphatic carbocycles. The van der Waals surface area contributed by atoms with Crippen LogP contribution in [0.5, 0.6) is 0 Å². The van der Waals surface area contributed by atoms with E-state index in [9.17, 15) is 9.90 Å². The highest BCUT2D eigenvalue weighted by Gasteiger charge is 2.34. The van der Waals surface area contributed by atoms with Gasteiger partial charge in [0.15, 0.2) is 0 Å². The van der Waals surface area contributed by atoms with Crippen molar-refractivity contribution < 1.29 is 9.90 Å². The molecule has 4 heteroatoms. The van der Waals surface area contributed by atoms with Gasteiger partial charge in [-0.15, -0.1) is 0 Å². The van der Waals surface area contributed by atoms with Crippen LogP contribution in [0.3, 0.4) is 0 Å². The molecule has 0 radical (unpaired) electrons. The Balaban J connectivity index is 1.73. The smallest absolute Gasteiger partial charge is 0.326 e. The number of nitrogens with zero attached hydrogens (tertiary/aromatic N) is 2. The summed E-state index contributed by atoms with van der Waals surface area (Å²) in [4.78, 5) is 15.9. The molecule has 2 aliphatic rings. The van der Waals surface area contributed by atoms with Crippen molar-refractivity contribution in [3.63, 3.8) is 0 Å². The van der Waals surface area contributed by atoms with Crippen molar-refractivity contribution in [2.75, 3.05) is 31.1 Å². The molecule has 1 unspecified atom stereocenters. The molecule has 1 fully saturated rings. The minimum Gasteiger partial charge on any atom is -0.480 e. The van der Waals surface area contributed by atoms with Crippen LogP contribution in [-0.2, 0) is 11.2 Å². The van der Waals surface area contributed by atoms with E-state index >= 15 is 0 Å². The molecule has 2 aliphatic heterocycles. The average Bonchev–Trinajstić information content (AvgIpc) is 3.03. The Morgan fingerprint density at radius 3 is 2.68 bits per heavy atom. The summed E-state index contributed by atoms with van der Waals surface area (Å²) in [6.07, 6.45) is 3.18. The van der Waals surface area contributed by atoms with E-state index in [4.69, 9.17) is 0 Å². The monoisotopic (exact) mass is 260 g/mol. The highest BCUT2D eigenvalue weighted by molar-refractivity contribution is 5.82. The lowest BCUT2D eigenvalue weighted by molar-refractivity contribution is -0.138. The zero-order valence-electron chi connectivity index (χ0n) is 11.1. The number of hydrogen-bond donors (Lipinski definition) is 1. The Hall–Kier alpha value is -1.55. The maximum absolute atomic E-state index is 11.4. The van der Waals surface area contributed by atoms with Gasteiger partial charge < -0.3 is 14.9 Å². The maximum atomic E-state index is 11.4. The molecular formula is C15H20N2O2. The van der Waals surface area contributed by atoms with Gasteiger partial charge in [-0.05, 0) is 37.6 Å². The number of aliphatic carboxylic acids is 1. The number of carboxylic acid groups (broad SMARTS) is 1. The second-order valence-corrected chi connectivity index (χ2v) is 5.43. The van der Waals surface area contributed by atoms with E-state index in [0.717, 1.165) is 37.4 Å². The Bertz CT molecular complexity index is 469. The topological polar surface area (TPSA) is 43.8 Å². The van der Waals surface area contributed by atoms with Gasteiger partial charge in [0.05, 0.1) is 0 Å². The molecule has 1 N–H and O–H groups in total. The van der Waals surface area contributed by atoms with E-state index in [1.54, 1.807) is 0 Å². The number of likely N-dealkylation sites (tertiary alicyclic amines) is 1. The van der Waals surface area contributed by atoms with Gasteiger partial charge in [0, 0.05) is 25.2 Å². The Kier molecular flexibility index (Phi) is 3.42. The first-order valence-corrected chi connectivity index (χ1v) is 7.05. The first kappa shape index (κ1) is 12.5. The van der Waals surface area contributed by atoms with Crippen LogP contribution < -0.4 is 4.90 Å². The van der Waals surface area contributed by atoms with Crippen molar-refractivity contribution in [2.24, 2.45) is 0 Å². The molecule has 1 atom stereocenters. The highest BCUT2D eigenvalue weighted by Crippen LogP contribution is 2.31. The predicted molar refractivity (Wildman–Crippen MR) is 74.6 cm³/mol. The van der Waals surface area contributed by atoms with Crippen molar-refractivity contribution in [2.45, 2.75) is 25.3 Å². The molecule has 1 aromatic rings. The number of carbonyl (C=O) groups is 1. The zero-order chi connectivity index (χ0) is 13.2. The van der Waals surface area contributed by atoms with E-state index in [1.165, 1.54) is 12.8 Å². The van der Waals surface area contributed by atoms with Crippen LogP contribution in [0.4, 0.5) is 5.69 Å². The number of anilines is 1. The van der Waals surface area contributed by atoms with Crippen LogP contribution in [0, 0.1) is 0 Å². The fraction of sp³-hybridized carbons (Fsp3) is 0.533. The second-order valence-electron chi connectivity index (χ2n) is 5.43. The average molecular weight is 260 g/mol. The van der Waals surface area contributed by atoms with Crippen LogP contribution in [-0.4, -0.2) is 48.2 Å². The maximum Gasteiger partial charge on any atom is 0.326 e. The third-order valence-corrected chi connectivity index (χ3v) is 4.23. The summed E-state index contributed by atoms with van der Waals surface area (Å²) in [5.74, 6) is -0.711. The van der Waals surface area contributed by atoms with E-state index in [0.29, 0.717) is 6.42 Å². The van der Waals surface area contributed by atoms with Crippen LogP contribution in [0.1, 0.15) is 18.4 Å². The Morgan fingerprint density at radius 2 is 1.95 bits per heavy atom. The van der Waals surface area contributed by atoms with Crippen LogP contribution in [0.25, 0.3) is 0 Å². The van der Waals surface area contributed by atoms with E-state index in [2.05, 4.69) is 9.80 Å². The summed E-state index contributed by atoms with van der Waals surface area (Å²) in [6, 6.07) is 7.68. The lowest BCUT2D eigenvalue weighted by Gasteiger charge is -2.27. The van der Waals surface area contributed by atoms with Crippen molar-refractivity contribution in [1.82, 2.24) is 4.90 Å². The molecule has 1 aromatic carbocycles. The summed E-state index contributed by atoms with van der Waals surface area (Å²) < 4.78 is 0. The van der Waals surface area contributed by atoms with E-state index in [-0.39, 0.29) is 6.04 Å². The number of para-hydroxylation sites is 1. The normalized spacial score (nSPS) is 22.7. The lowest BCUT2D eigenvalue weighted by Crippen LogP contribution is -2.42. The summed E-state index contributed by atoms with van der Waals surface area (Å²) >= 11 is 0. The molecule has 0 saturated carbocycles. The minimum absolute atomic E-state index is 0.389. The molecular weight excluding hydrogens is 240 g/mol. The highest BCUT2D eigenvalue weighted by atomic mass is 16.4. The summed E-state index contributed by atoms with van der Waals surface area (Å²) in [5, 5.41) is 9.39. The van der Waals surface area contributed by atoms with Crippen LogP contribution in [0.15, 0.2) is 24.3 Å². The van der Waals surface area contributed by atoms with Crippen molar-refractivity contribution in [3.8, 4) is 0 Å². The Labute approximate surface area is 113 Å². The summed E-state index contributed by atoms with van der Waals surface area (Å²) in [5.41, 5.74) is 2.27. The number of rotatable bonds is 4. The van der Waals surface area contributed by atoms with Gasteiger partial charge in [0.1, 0.15) is 6.04 Å². The third-order valence-electron chi connectivity index (χ3n) is 4.23. The van der Waals surface area contributed by atoms with Gasteiger partial charge in [-0.1, -0.05) is 18.2 Å². The molecule has 3 rings (SSSR count). The molecule has 4 nitrogen and oxygen atoms in total. The SMILES string of the molecule is O=C(O)C1Cc2ccccc2N1CCN1CCCC1. The quantitative estimate of drug-likeness (QED) is 0.893. The molecule has 2 heterocycles. The van der Waals surface area contributed by atoms with Crippen molar-refractivity contribution >= 4 is 11.7 Å². The first-order valence-electron chi connectivity index (χ1n) is 7.05. The third kappa shape index (κ3) is 2.45. The molecule has 1 saturated heterocycles. The van der Waals surface area contributed by atoms with Crippen molar-refractivity contribution in [3.05, 3.63) is 29.8 Å². The fourth-order valence-electron chi connectivity index (χ4n) is 3.20. The van der Waals surface area contributed by atoms with Crippen molar-refractivity contribution in [1.29, 1.82) is 0 Å². The lowest BCUT2D eigenvalue weighted by atomic mass is 10.1. The van der Waals surface area contributed by atoms with Gasteiger partial charge in [0.2, 0.25) is 0 Å². The van der Waals surface area contributed by atoms with Crippen LogP contribution >= 0.6 is 0 Å². The number of fused-ring (bicyclic) bond motifs is 1. The molecule has 0 amide bonds. The largest absolute Gasteiger partial charge is 0.480 e. The molecule has 0 aromatic heterocycles. The number of carboxylic acids is 1. The van der Waals surface area contributed by atoms with Gasteiger partial charge in [-0.2, -0.15) is 0 Å². The molecule has 102 valence electrons. The van der Waals surface area contributed by atoms with Gasteiger partial charge >= 0.3 is 5.97 Å². The molecule has 19 heavy (non-hydrogen) atoms. The number of benzene rings is 1. The van der Waals surface area contributed by atoms with E-state index in [1.807, 2.05) is 24.3 Å². The van der Waals surface area contributed by atoms with Gasteiger partial charge in [-0.25, -0.2) is 4.79 Å². The predicted octanol–water partition coefficient (Wildman–Crippen LogP) is 1.60. The molecule has 0 spiro atoms. The number of hydrogen-bond acceptors (Lipinski definition) is 3. The molecule has 0 bridgehead atoms. The second kappa shape index (κ2) is 5.21. The fourth-order valence-corrected chi connectivity index (χ4v) is 3.20. The van der Waals surface area contributed by atoms with Gasteiger partial charge in [0.25, 0.3) is 0 Å². The summed E-state index contributed by atoms with van der Waals surface area (Å²) in [6.45, 7) is 4.10.